The highest BCUT2D eigenvalue weighted by Crippen LogP contribution is 2.24. The third kappa shape index (κ3) is 6.30. The summed E-state index contributed by atoms with van der Waals surface area (Å²) in [4.78, 5) is 16.4. The Bertz CT molecular complexity index is 682. The summed E-state index contributed by atoms with van der Waals surface area (Å²) >= 11 is 7.01. The number of allylic oxidation sites excluding steroid dienone is 2. The van der Waals surface area contributed by atoms with E-state index in [1.807, 2.05) is 6.07 Å². The molecule has 0 aliphatic carbocycles. The van der Waals surface area contributed by atoms with Crippen molar-refractivity contribution in [1.29, 1.82) is 0 Å². The lowest BCUT2D eigenvalue weighted by Gasteiger charge is -2.34. The Labute approximate surface area is 164 Å². The van der Waals surface area contributed by atoms with Gasteiger partial charge in [0.1, 0.15) is 0 Å². The molecule has 1 saturated heterocycles. The van der Waals surface area contributed by atoms with Crippen LogP contribution >= 0.6 is 31.9 Å². The van der Waals surface area contributed by atoms with Gasteiger partial charge in [-0.25, -0.2) is 4.79 Å². The van der Waals surface area contributed by atoms with Crippen molar-refractivity contribution in [2.24, 2.45) is 10.9 Å². The van der Waals surface area contributed by atoms with E-state index in [0.717, 1.165) is 28.6 Å². The molecule has 0 saturated carbocycles. The Morgan fingerprint density at radius 1 is 1.28 bits per heavy atom. The molecule has 6 nitrogen and oxygen atoms in total. The van der Waals surface area contributed by atoms with E-state index in [1.54, 1.807) is 17.1 Å². The van der Waals surface area contributed by atoms with Crippen LogP contribution < -0.4 is 11.2 Å². The highest BCUT2D eigenvalue weighted by molar-refractivity contribution is 9.13. The summed E-state index contributed by atoms with van der Waals surface area (Å²) < 4.78 is 2.10. The van der Waals surface area contributed by atoms with Gasteiger partial charge in [-0.2, -0.15) is 5.10 Å². The number of halogens is 2. The topological polar surface area (TPSA) is 74.0 Å². The number of nitrogens with one attached hydrogen (secondary N) is 1. The molecule has 0 aromatic heterocycles. The van der Waals surface area contributed by atoms with Crippen molar-refractivity contribution in [3.63, 3.8) is 0 Å². The molecule has 2 amide bonds. The van der Waals surface area contributed by atoms with Crippen molar-refractivity contribution in [2.45, 2.75) is 6.54 Å². The number of carbonyl (C=O) groups is 1. The van der Waals surface area contributed by atoms with E-state index < -0.39 is 0 Å². The van der Waals surface area contributed by atoms with Crippen molar-refractivity contribution >= 4 is 44.1 Å². The molecule has 1 aromatic rings. The Kier molecular flexibility index (Phi) is 7.67. The fourth-order valence-corrected chi connectivity index (χ4v) is 3.15. The lowest BCUT2D eigenvalue weighted by Crippen LogP contribution is -2.51. The molecule has 0 atom stereocenters. The summed E-state index contributed by atoms with van der Waals surface area (Å²) in [6, 6.07) is 6.13. The van der Waals surface area contributed by atoms with Gasteiger partial charge in [-0.3, -0.25) is 4.90 Å². The lowest BCUT2D eigenvalue weighted by atomic mass is 10.2. The van der Waals surface area contributed by atoms with Crippen LogP contribution in [0.15, 0.2) is 56.7 Å². The highest BCUT2D eigenvalue weighted by atomic mass is 79.9. The number of hydrogen-bond acceptors (Lipinski definition) is 4. The van der Waals surface area contributed by atoms with Crippen molar-refractivity contribution < 1.29 is 4.79 Å². The summed E-state index contributed by atoms with van der Waals surface area (Å²) in [5, 5.41) is 6.10. The summed E-state index contributed by atoms with van der Waals surface area (Å²) in [5.41, 5.74) is 1.75. The molecular formula is C17H21Br2N5O. The first-order valence-corrected chi connectivity index (χ1v) is 9.39. The van der Waals surface area contributed by atoms with Gasteiger partial charge in [0.05, 0.1) is 0 Å². The fraction of sp³-hybridized carbons (Fsp3) is 0.294. The number of urea groups is 1. The van der Waals surface area contributed by atoms with E-state index in [9.17, 15) is 4.79 Å². The Morgan fingerprint density at radius 2 is 2.00 bits per heavy atom. The standard InChI is InChI=1S/C17H21Br2N5O/c1-13(3-2-6-21-20)22-17(25)24-9-7-23(8-10-24)12-14-4-5-15(18)16(19)11-14/h2-6,11H,1,7-10,12,20H2,(H,22,25)/b3-2-,21-6-. The molecule has 1 aliphatic rings. The maximum atomic E-state index is 12.2. The van der Waals surface area contributed by atoms with E-state index in [1.165, 1.54) is 11.8 Å². The molecule has 0 bridgehead atoms. The van der Waals surface area contributed by atoms with Crippen LogP contribution in [0.4, 0.5) is 4.79 Å². The van der Waals surface area contributed by atoms with Crippen LogP contribution in [0.1, 0.15) is 5.56 Å². The average Bonchev–Trinajstić information content (AvgIpc) is 2.59. The largest absolute Gasteiger partial charge is 0.323 e. The van der Waals surface area contributed by atoms with Crippen molar-refractivity contribution in [3.8, 4) is 0 Å². The van der Waals surface area contributed by atoms with Crippen molar-refractivity contribution in [3.05, 3.63) is 57.1 Å². The summed E-state index contributed by atoms with van der Waals surface area (Å²) in [5.74, 6) is 5.00. The number of benzene rings is 1. The minimum atomic E-state index is -0.134. The predicted octanol–water partition coefficient (Wildman–Crippen LogP) is 3.05. The van der Waals surface area contributed by atoms with E-state index in [4.69, 9.17) is 5.84 Å². The van der Waals surface area contributed by atoms with E-state index in [0.29, 0.717) is 18.8 Å². The van der Waals surface area contributed by atoms with E-state index in [2.05, 4.69) is 65.9 Å². The molecule has 2 rings (SSSR count). The first-order valence-electron chi connectivity index (χ1n) is 7.80. The molecular weight excluding hydrogens is 450 g/mol. The van der Waals surface area contributed by atoms with Gasteiger partial charge >= 0.3 is 6.03 Å². The van der Waals surface area contributed by atoms with Gasteiger partial charge < -0.3 is 16.1 Å². The molecule has 134 valence electrons. The lowest BCUT2D eigenvalue weighted by molar-refractivity contribution is 0.137. The second-order valence-electron chi connectivity index (χ2n) is 5.62. The number of nitrogens with two attached hydrogens (primary N) is 1. The van der Waals surface area contributed by atoms with Gasteiger partial charge in [0.15, 0.2) is 0 Å². The van der Waals surface area contributed by atoms with Crippen LogP contribution in [-0.2, 0) is 6.54 Å². The molecule has 0 radical (unpaired) electrons. The van der Waals surface area contributed by atoms with Gasteiger partial charge in [-0.15, -0.1) is 0 Å². The SMILES string of the molecule is C=C(/C=C\C=N/N)NC(=O)N1CCN(Cc2ccc(Br)c(Br)c2)CC1. The zero-order chi connectivity index (χ0) is 18.2. The Morgan fingerprint density at radius 3 is 2.64 bits per heavy atom. The highest BCUT2D eigenvalue weighted by Gasteiger charge is 2.21. The Hall–Kier alpha value is -1.64. The quantitative estimate of drug-likeness (QED) is 0.300. The zero-order valence-electron chi connectivity index (χ0n) is 13.8. The van der Waals surface area contributed by atoms with Gasteiger partial charge in [0, 0.05) is 53.6 Å². The number of rotatable bonds is 5. The number of nitrogens with zero attached hydrogens (tertiary/aromatic N) is 3. The molecule has 1 heterocycles. The van der Waals surface area contributed by atoms with E-state index >= 15 is 0 Å². The number of carbonyl (C=O) groups excluding carboxylic acids is 1. The zero-order valence-corrected chi connectivity index (χ0v) is 17.0. The molecule has 3 N–H and O–H groups in total. The fourth-order valence-electron chi connectivity index (χ4n) is 2.47. The van der Waals surface area contributed by atoms with Crippen LogP contribution in [0.2, 0.25) is 0 Å². The van der Waals surface area contributed by atoms with Crippen LogP contribution in [-0.4, -0.2) is 48.2 Å². The van der Waals surface area contributed by atoms with Crippen LogP contribution in [0.5, 0.6) is 0 Å². The Balaban J connectivity index is 1.79. The number of amides is 2. The second kappa shape index (κ2) is 9.74. The molecule has 0 spiro atoms. The smallest absolute Gasteiger partial charge is 0.321 e. The van der Waals surface area contributed by atoms with Gasteiger partial charge in [-0.1, -0.05) is 12.6 Å². The van der Waals surface area contributed by atoms with Crippen LogP contribution in [0, 0.1) is 0 Å². The average molecular weight is 471 g/mol. The van der Waals surface area contributed by atoms with Crippen LogP contribution in [0.25, 0.3) is 0 Å². The monoisotopic (exact) mass is 469 g/mol. The third-order valence-corrected chi connectivity index (χ3v) is 5.67. The number of hydrogen-bond donors (Lipinski definition) is 2. The number of hydrazone groups is 1. The maximum Gasteiger partial charge on any atom is 0.321 e. The third-order valence-electron chi connectivity index (χ3n) is 3.79. The second-order valence-corrected chi connectivity index (χ2v) is 7.33. The van der Waals surface area contributed by atoms with Crippen molar-refractivity contribution in [1.82, 2.24) is 15.1 Å². The first kappa shape index (κ1) is 19.7. The molecule has 1 fully saturated rings. The summed E-state index contributed by atoms with van der Waals surface area (Å²) in [6.07, 6.45) is 4.70. The van der Waals surface area contributed by atoms with E-state index in [-0.39, 0.29) is 6.03 Å². The van der Waals surface area contributed by atoms with Gasteiger partial charge in [0.2, 0.25) is 0 Å². The normalized spacial score (nSPS) is 15.8. The molecule has 0 unspecified atom stereocenters. The summed E-state index contributed by atoms with van der Waals surface area (Å²) in [7, 11) is 0. The van der Waals surface area contributed by atoms with Crippen LogP contribution in [0.3, 0.4) is 0 Å². The minimum Gasteiger partial charge on any atom is -0.323 e. The molecule has 8 heteroatoms. The molecule has 1 aromatic carbocycles. The number of piperazine rings is 1. The minimum absolute atomic E-state index is 0.134. The van der Waals surface area contributed by atoms with Crippen molar-refractivity contribution in [2.75, 3.05) is 26.2 Å². The van der Waals surface area contributed by atoms with Gasteiger partial charge in [0.25, 0.3) is 0 Å². The van der Waals surface area contributed by atoms with Gasteiger partial charge in [-0.05, 0) is 61.7 Å². The molecule has 25 heavy (non-hydrogen) atoms. The molecule has 1 aliphatic heterocycles. The summed E-state index contributed by atoms with van der Waals surface area (Å²) in [6.45, 7) is 7.69. The first-order chi connectivity index (χ1) is 12.0. The predicted molar refractivity (Wildman–Crippen MR) is 108 cm³/mol. The maximum absolute atomic E-state index is 12.2.